The number of nitrogens with one attached hydrogen (secondary N) is 1. The molecule has 2 aromatic carbocycles. The number of aromatic hydroxyl groups is 1. The zero-order valence-corrected chi connectivity index (χ0v) is 22.0. The van der Waals surface area contributed by atoms with Gasteiger partial charge in [0.15, 0.2) is 5.43 Å². The maximum atomic E-state index is 12.5. The predicted molar refractivity (Wildman–Crippen MR) is 147 cm³/mol. The SMILES string of the molecule is O=C(CCCCC(=O)ON1C(=O)CCC1=O)Nc1ccc(-c2c3ccc(=O)cc-3oc3cc(O)ccc23)c(C(=O)O)c1. The minimum Gasteiger partial charge on any atom is -0.508 e. The summed E-state index contributed by atoms with van der Waals surface area (Å²) in [5.41, 5.74) is 1.34. The lowest BCUT2D eigenvalue weighted by atomic mass is 9.90. The molecule has 3 aliphatic rings. The predicted octanol–water partition coefficient (Wildman–Crippen LogP) is 4.07. The number of phenols is 1. The second-order valence-electron chi connectivity index (χ2n) is 9.68. The van der Waals surface area contributed by atoms with Crippen LogP contribution in [0, 0.1) is 0 Å². The van der Waals surface area contributed by atoms with Crippen LogP contribution in [0.3, 0.4) is 0 Å². The van der Waals surface area contributed by atoms with E-state index in [9.17, 15) is 39.0 Å². The van der Waals surface area contributed by atoms with Crippen LogP contribution in [0.4, 0.5) is 5.69 Å². The maximum absolute atomic E-state index is 12.5. The molecule has 1 saturated heterocycles. The number of hydrogen-bond acceptors (Lipinski definition) is 9. The van der Waals surface area contributed by atoms with E-state index >= 15 is 0 Å². The summed E-state index contributed by atoms with van der Waals surface area (Å²) in [6, 6.07) is 13.0. The number of anilines is 1. The van der Waals surface area contributed by atoms with E-state index in [1.54, 1.807) is 24.3 Å². The molecule has 2 aromatic rings. The van der Waals surface area contributed by atoms with Gasteiger partial charge >= 0.3 is 11.9 Å². The van der Waals surface area contributed by atoms with Crippen molar-refractivity contribution < 1.29 is 43.4 Å². The molecule has 5 rings (SSSR count). The second kappa shape index (κ2) is 11.5. The van der Waals surface area contributed by atoms with Crippen LogP contribution in [-0.2, 0) is 24.0 Å². The zero-order valence-electron chi connectivity index (χ0n) is 22.0. The average Bonchev–Trinajstić information content (AvgIpc) is 3.26. The van der Waals surface area contributed by atoms with Gasteiger partial charge in [0, 0.05) is 60.0 Å². The Morgan fingerprint density at radius 3 is 2.33 bits per heavy atom. The molecule has 3 amide bonds. The van der Waals surface area contributed by atoms with E-state index in [-0.39, 0.29) is 65.9 Å². The lowest BCUT2D eigenvalue weighted by molar-refractivity contribution is -0.197. The Hall–Kier alpha value is -5.52. The molecular formula is C30H24N2O10. The van der Waals surface area contributed by atoms with E-state index in [4.69, 9.17) is 9.25 Å². The Morgan fingerprint density at radius 2 is 1.60 bits per heavy atom. The molecule has 0 saturated carbocycles. The minimum atomic E-state index is -1.25. The average molecular weight is 573 g/mol. The normalized spacial score (nSPS) is 13.1. The molecule has 0 bridgehead atoms. The largest absolute Gasteiger partial charge is 0.508 e. The number of rotatable bonds is 9. The molecule has 1 aliphatic carbocycles. The van der Waals surface area contributed by atoms with Gasteiger partial charge in [0.05, 0.1) is 5.56 Å². The van der Waals surface area contributed by atoms with Crippen molar-refractivity contribution in [2.75, 3.05) is 5.32 Å². The van der Waals surface area contributed by atoms with Crippen LogP contribution in [0.2, 0.25) is 0 Å². The zero-order chi connectivity index (χ0) is 30.0. The first-order valence-corrected chi connectivity index (χ1v) is 13.0. The Labute approximate surface area is 237 Å². The minimum absolute atomic E-state index is 0.00196. The number of carboxylic acid groups (broad SMARTS) is 1. The van der Waals surface area contributed by atoms with Gasteiger partial charge in [-0.25, -0.2) is 9.59 Å². The molecule has 0 spiro atoms. The molecule has 0 radical (unpaired) electrons. The van der Waals surface area contributed by atoms with Crippen molar-refractivity contribution in [3.8, 4) is 28.2 Å². The number of fused-ring (bicyclic) bond motifs is 2. The highest BCUT2D eigenvalue weighted by Gasteiger charge is 2.32. The number of imide groups is 1. The number of nitrogens with zero attached hydrogens (tertiary/aromatic N) is 1. The lowest BCUT2D eigenvalue weighted by Crippen LogP contribution is -2.31. The number of carbonyl (C=O) groups is 5. The van der Waals surface area contributed by atoms with Crippen LogP contribution in [0.5, 0.6) is 5.75 Å². The van der Waals surface area contributed by atoms with Crippen LogP contribution in [-0.4, -0.2) is 44.9 Å². The molecule has 1 fully saturated rings. The number of benzene rings is 3. The number of carboxylic acids is 1. The molecule has 42 heavy (non-hydrogen) atoms. The van der Waals surface area contributed by atoms with Crippen molar-refractivity contribution in [3.05, 3.63) is 70.4 Å². The van der Waals surface area contributed by atoms with E-state index in [2.05, 4.69) is 5.32 Å². The summed E-state index contributed by atoms with van der Waals surface area (Å²) in [6.45, 7) is 0. The molecule has 0 atom stereocenters. The van der Waals surface area contributed by atoms with E-state index < -0.39 is 29.7 Å². The lowest BCUT2D eigenvalue weighted by Gasteiger charge is -2.17. The quantitative estimate of drug-likeness (QED) is 0.150. The van der Waals surface area contributed by atoms with Gasteiger partial charge in [0.25, 0.3) is 11.8 Å². The fraction of sp³-hybridized carbons (Fsp3) is 0.200. The van der Waals surface area contributed by atoms with Crippen molar-refractivity contribution in [1.29, 1.82) is 0 Å². The van der Waals surface area contributed by atoms with Gasteiger partial charge in [-0.1, -0.05) is 6.07 Å². The Morgan fingerprint density at radius 1 is 0.881 bits per heavy atom. The van der Waals surface area contributed by atoms with Crippen molar-refractivity contribution in [2.45, 2.75) is 38.5 Å². The Bertz CT molecular complexity index is 1770. The van der Waals surface area contributed by atoms with Crippen molar-refractivity contribution in [1.82, 2.24) is 5.06 Å². The Balaban J connectivity index is 1.31. The van der Waals surface area contributed by atoms with Gasteiger partial charge in [0.2, 0.25) is 5.91 Å². The van der Waals surface area contributed by atoms with Crippen LogP contribution in [0.15, 0.2) is 63.8 Å². The second-order valence-corrected chi connectivity index (χ2v) is 9.68. The van der Waals surface area contributed by atoms with Crippen LogP contribution in [0.1, 0.15) is 48.9 Å². The van der Waals surface area contributed by atoms with Gasteiger partial charge < -0.3 is 24.8 Å². The van der Waals surface area contributed by atoms with Gasteiger partial charge in [-0.3, -0.25) is 19.2 Å². The summed E-state index contributed by atoms with van der Waals surface area (Å²) >= 11 is 0. The number of aromatic carboxylic acids is 1. The molecule has 214 valence electrons. The Kier molecular flexibility index (Phi) is 7.69. The van der Waals surface area contributed by atoms with Crippen molar-refractivity contribution >= 4 is 46.3 Å². The molecule has 0 unspecified atom stereocenters. The first-order valence-electron chi connectivity index (χ1n) is 13.0. The summed E-state index contributed by atoms with van der Waals surface area (Å²) in [6.07, 6.45) is 0.485. The summed E-state index contributed by atoms with van der Waals surface area (Å²) < 4.78 is 5.83. The van der Waals surface area contributed by atoms with E-state index in [1.165, 1.54) is 30.3 Å². The molecule has 3 N–H and O–H groups in total. The smallest absolute Gasteiger partial charge is 0.336 e. The summed E-state index contributed by atoms with van der Waals surface area (Å²) in [7, 11) is 0. The maximum Gasteiger partial charge on any atom is 0.336 e. The van der Waals surface area contributed by atoms with E-state index in [0.717, 1.165) is 0 Å². The topological polar surface area (TPSA) is 181 Å². The molecule has 2 heterocycles. The number of hydroxylamine groups is 2. The number of hydrogen-bond donors (Lipinski definition) is 3. The van der Waals surface area contributed by atoms with Crippen LogP contribution >= 0.6 is 0 Å². The third kappa shape index (κ3) is 5.82. The van der Waals surface area contributed by atoms with E-state index in [1.807, 2.05) is 0 Å². The number of unbranched alkanes of at least 4 members (excludes halogenated alkanes) is 1. The summed E-state index contributed by atoms with van der Waals surface area (Å²) in [5.74, 6) is -3.41. The van der Waals surface area contributed by atoms with Gasteiger partial charge in [-0.2, -0.15) is 0 Å². The highest BCUT2D eigenvalue weighted by molar-refractivity contribution is 6.08. The van der Waals surface area contributed by atoms with Crippen LogP contribution in [0.25, 0.3) is 33.4 Å². The third-order valence-corrected chi connectivity index (χ3v) is 6.71. The standard InChI is InChI=1S/C30H24N2O10/c33-17-6-9-20-23(14-17)41-24-15-18(34)7-10-21(24)29(20)19-8-5-16(13-22(19)30(39)40)31-25(35)3-1-2-4-28(38)42-32-26(36)11-12-27(32)37/h5-10,13-15,33H,1-4,11-12H2,(H,31,35)(H,39,40). The molecule has 0 aromatic heterocycles. The third-order valence-electron chi connectivity index (χ3n) is 6.71. The summed E-state index contributed by atoms with van der Waals surface area (Å²) in [5, 5.41) is 23.7. The first kappa shape index (κ1) is 28.0. The van der Waals surface area contributed by atoms with Gasteiger partial charge in [-0.15, -0.1) is 5.06 Å². The number of amides is 3. The molecule has 2 aliphatic heterocycles. The fourth-order valence-electron chi connectivity index (χ4n) is 4.75. The van der Waals surface area contributed by atoms with E-state index in [0.29, 0.717) is 33.6 Å². The molecular weight excluding hydrogens is 548 g/mol. The van der Waals surface area contributed by atoms with Crippen molar-refractivity contribution in [2.24, 2.45) is 0 Å². The highest BCUT2D eigenvalue weighted by Crippen LogP contribution is 2.42. The highest BCUT2D eigenvalue weighted by atomic mass is 16.7. The van der Waals surface area contributed by atoms with Gasteiger partial charge in [-0.05, 0) is 54.8 Å². The monoisotopic (exact) mass is 572 g/mol. The number of carbonyl (C=O) groups excluding carboxylic acids is 4. The first-order chi connectivity index (χ1) is 20.1. The van der Waals surface area contributed by atoms with Gasteiger partial charge in [0.1, 0.15) is 17.1 Å². The van der Waals surface area contributed by atoms with Crippen LogP contribution < -0.4 is 10.7 Å². The van der Waals surface area contributed by atoms with Crippen molar-refractivity contribution in [3.63, 3.8) is 0 Å². The molecule has 12 heteroatoms. The molecule has 12 nitrogen and oxygen atoms in total. The number of phenolic OH excluding ortho intramolecular Hbond substituents is 1. The summed E-state index contributed by atoms with van der Waals surface area (Å²) in [4.78, 5) is 76.6. The fourth-order valence-corrected chi connectivity index (χ4v) is 4.75.